The minimum Gasteiger partial charge on any atom is -0.490 e. The molecule has 6 nitrogen and oxygen atoms in total. The molecule has 0 aliphatic carbocycles. The van der Waals surface area contributed by atoms with Crippen molar-refractivity contribution in [2.24, 2.45) is 5.92 Å². The second kappa shape index (κ2) is 6.44. The summed E-state index contributed by atoms with van der Waals surface area (Å²) in [7, 11) is 0. The van der Waals surface area contributed by atoms with Gasteiger partial charge in [-0.25, -0.2) is 0 Å². The fraction of sp³-hybridized carbons (Fsp3) is 0.429. The van der Waals surface area contributed by atoms with E-state index in [1.54, 1.807) is 12.1 Å². The van der Waals surface area contributed by atoms with Gasteiger partial charge in [0.25, 0.3) is 11.5 Å². The summed E-state index contributed by atoms with van der Waals surface area (Å²) in [5.74, 6) is 1.91. The standard InChI is InChI=1S/C21H22N2O4/c24-20-4-1-3-17-16-9-14(12-23(17)20)11-22(13-16)21(25)15-5-6-18-19(10-15)27-8-2-7-26-18/h1,3-6,10,14,16H,2,7-9,11-13H2. The number of piperidine rings is 1. The molecule has 0 radical (unpaired) electrons. The SMILES string of the molecule is O=C(c1ccc2c(c1)OCCCO2)N1CC2CC(C1)c1cccc(=O)n1C2. The largest absolute Gasteiger partial charge is 0.490 e. The fourth-order valence-electron chi connectivity index (χ4n) is 4.54. The summed E-state index contributed by atoms with van der Waals surface area (Å²) in [6, 6.07) is 10.9. The number of likely N-dealkylation sites (tertiary alicyclic amines) is 1. The van der Waals surface area contributed by atoms with Crippen molar-refractivity contribution in [3.63, 3.8) is 0 Å². The van der Waals surface area contributed by atoms with E-state index in [1.807, 2.05) is 33.7 Å². The van der Waals surface area contributed by atoms with E-state index in [0.717, 1.165) is 18.5 Å². The van der Waals surface area contributed by atoms with E-state index in [4.69, 9.17) is 9.47 Å². The summed E-state index contributed by atoms with van der Waals surface area (Å²) in [5.41, 5.74) is 1.74. The van der Waals surface area contributed by atoms with Crippen LogP contribution >= 0.6 is 0 Å². The van der Waals surface area contributed by atoms with E-state index in [2.05, 4.69) is 0 Å². The Morgan fingerprint density at radius 1 is 1.00 bits per heavy atom. The number of pyridine rings is 1. The third-order valence-corrected chi connectivity index (χ3v) is 5.76. The number of ether oxygens (including phenoxy) is 2. The van der Waals surface area contributed by atoms with Gasteiger partial charge in [0.05, 0.1) is 13.2 Å². The minimum atomic E-state index is 0.0204. The Morgan fingerprint density at radius 2 is 1.85 bits per heavy atom. The van der Waals surface area contributed by atoms with Crippen molar-refractivity contribution < 1.29 is 14.3 Å². The van der Waals surface area contributed by atoms with Gasteiger partial charge in [0, 0.05) is 49.3 Å². The molecule has 3 aliphatic heterocycles. The number of hydrogen-bond acceptors (Lipinski definition) is 4. The van der Waals surface area contributed by atoms with Gasteiger partial charge in [-0.3, -0.25) is 9.59 Å². The lowest BCUT2D eigenvalue weighted by Crippen LogP contribution is -2.49. The van der Waals surface area contributed by atoms with E-state index < -0.39 is 0 Å². The molecule has 27 heavy (non-hydrogen) atoms. The van der Waals surface area contributed by atoms with Crippen LogP contribution in [0.5, 0.6) is 11.5 Å². The Morgan fingerprint density at radius 3 is 2.74 bits per heavy atom. The lowest BCUT2D eigenvalue weighted by atomic mass is 9.83. The maximum absolute atomic E-state index is 13.1. The third-order valence-electron chi connectivity index (χ3n) is 5.76. The predicted molar refractivity (Wildman–Crippen MR) is 99.5 cm³/mol. The molecule has 2 atom stereocenters. The van der Waals surface area contributed by atoms with Gasteiger partial charge in [-0.15, -0.1) is 0 Å². The molecule has 5 rings (SSSR count). The third kappa shape index (κ3) is 2.89. The molecular weight excluding hydrogens is 344 g/mol. The molecule has 2 aromatic rings. The van der Waals surface area contributed by atoms with E-state index in [-0.39, 0.29) is 17.4 Å². The number of carbonyl (C=O) groups is 1. The normalized spacial score (nSPS) is 23.3. The van der Waals surface area contributed by atoms with Gasteiger partial charge in [-0.1, -0.05) is 6.07 Å². The van der Waals surface area contributed by atoms with Crippen LogP contribution in [0.2, 0.25) is 0 Å². The number of fused-ring (bicyclic) bond motifs is 5. The molecule has 1 fully saturated rings. The van der Waals surface area contributed by atoms with Crippen molar-refractivity contribution in [3.05, 3.63) is 58.0 Å². The van der Waals surface area contributed by atoms with Crippen molar-refractivity contribution in [3.8, 4) is 11.5 Å². The van der Waals surface area contributed by atoms with Gasteiger partial charge in [0.15, 0.2) is 11.5 Å². The summed E-state index contributed by atoms with van der Waals surface area (Å²) in [6.07, 6.45) is 1.88. The molecule has 1 amide bonds. The maximum Gasteiger partial charge on any atom is 0.254 e. The molecule has 140 valence electrons. The number of rotatable bonds is 1. The molecule has 1 aromatic heterocycles. The quantitative estimate of drug-likeness (QED) is 0.777. The zero-order valence-corrected chi connectivity index (χ0v) is 15.1. The van der Waals surface area contributed by atoms with E-state index in [1.165, 1.54) is 0 Å². The van der Waals surface area contributed by atoms with Crippen LogP contribution in [0.15, 0.2) is 41.2 Å². The van der Waals surface area contributed by atoms with Crippen LogP contribution in [0.25, 0.3) is 0 Å². The molecule has 1 saturated heterocycles. The van der Waals surface area contributed by atoms with Crippen LogP contribution < -0.4 is 15.0 Å². The molecule has 0 spiro atoms. The average Bonchev–Trinajstić information content (AvgIpc) is 2.93. The van der Waals surface area contributed by atoms with Gasteiger partial charge in [0.2, 0.25) is 0 Å². The van der Waals surface area contributed by atoms with E-state index >= 15 is 0 Å². The van der Waals surface area contributed by atoms with Crippen LogP contribution in [0.4, 0.5) is 0 Å². The molecule has 3 aliphatic rings. The summed E-state index contributed by atoms with van der Waals surface area (Å²) < 4.78 is 13.3. The molecule has 1 aromatic carbocycles. The molecule has 2 unspecified atom stereocenters. The minimum absolute atomic E-state index is 0.0204. The van der Waals surface area contributed by atoms with Crippen LogP contribution in [0, 0.1) is 5.92 Å². The molecular formula is C21H22N2O4. The van der Waals surface area contributed by atoms with Gasteiger partial charge in [-0.2, -0.15) is 0 Å². The molecule has 0 saturated carbocycles. The summed E-state index contributed by atoms with van der Waals surface area (Å²) in [4.78, 5) is 27.2. The van der Waals surface area contributed by atoms with E-state index in [0.29, 0.717) is 55.8 Å². The van der Waals surface area contributed by atoms with Crippen LogP contribution in [0.1, 0.15) is 34.8 Å². The van der Waals surface area contributed by atoms with E-state index in [9.17, 15) is 9.59 Å². The van der Waals surface area contributed by atoms with Crippen LogP contribution in [-0.4, -0.2) is 41.7 Å². The maximum atomic E-state index is 13.1. The van der Waals surface area contributed by atoms with Crippen molar-refractivity contribution in [1.29, 1.82) is 0 Å². The van der Waals surface area contributed by atoms with Crippen LogP contribution in [0.3, 0.4) is 0 Å². The second-order valence-corrected chi connectivity index (χ2v) is 7.62. The zero-order chi connectivity index (χ0) is 18.4. The van der Waals surface area contributed by atoms with Crippen molar-refractivity contribution in [2.45, 2.75) is 25.3 Å². The first kappa shape index (κ1) is 16.4. The molecule has 0 N–H and O–H groups in total. The van der Waals surface area contributed by atoms with Crippen molar-refractivity contribution >= 4 is 5.91 Å². The number of aromatic nitrogens is 1. The first-order valence-electron chi connectivity index (χ1n) is 9.58. The predicted octanol–water partition coefficient (Wildman–Crippen LogP) is 2.27. The fourth-order valence-corrected chi connectivity index (χ4v) is 4.54. The summed E-state index contributed by atoms with van der Waals surface area (Å²) in [5, 5.41) is 0. The van der Waals surface area contributed by atoms with Crippen molar-refractivity contribution in [1.82, 2.24) is 9.47 Å². The molecule has 6 heteroatoms. The topological polar surface area (TPSA) is 60.8 Å². The molecule has 2 bridgehead atoms. The number of hydrogen-bond donors (Lipinski definition) is 0. The smallest absolute Gasteiger partial charge is 0.254 e. The Bertz CT molecular complexity index is 951. The lowest BCUT2D eigenvalue weighted by molar-refractivity contribution is 0.0594. The average molecular weight is 366 g/mol. The van der Waals surface area contributed by atoms with Crippen LogP contribution in [-0.2, 0) is 6.54 Å². The number of nitrogens with zero attached hydrogens (tertiary/aromatic N) is 2. The lowest BCUT2D eigenvalue weighted by Gasteiger charge is -2.42. The first-order valence-corrected chi connectivity index (χ1v) is 9.58. The number of carbonyl (C=O) groups excluding carboxylic acids is 1. The highest BCUT2D eigenvalue weighted by Gasteiger charge is 2.36. The summed E-state index contributed by atoms with van der Waals surface area (Å²) in [6.45, 7) is 3.26. The molecule has 4 heterocycles. The number of amides is 1. The Labute approximate surface area is 157 Å². The summed E-state index contributed by atoms with van der Waals surface area (Å²) >= 11 is 0. The van der Waals surface area contributed by atoms with Crippen molar-refractivity contribution in [2.75, 3.05) is 26.3 Å². The van der Waals surface area contributed by atoms with Gasteiger partial charge in [-0.05, 0) is 36.6 Å². The second-order valence-electron chi connectivity index (χ2n) is 7.62. The first-order chi connectivity index (χ1) is 13.2. The Kier molecular flexibility index (Phi) is 3.92. The Hall–Kier alpha value is -2.76. The highest BCUT2D eigenvalue weighted by molar-refractivity contribution is 5.95. The zero-order valence-electron chi connectivity index (χ0n) is 15.1. The van der Waals surface area contributed by atoms with Gasteiger partial charge < -0.3 is 18.9 Å². The number of benzene rings is 1. The van der Waals surface area contributed by atoms with Gasteiger partial charge >= 0.3 is 0 Å². The van der Waals surface area contributed by atoms with Gasteiger partial charge in [0.1, 0.15) is 0 Å². The Balaban J connectivity index is 1.41. The highest BCUT2D eigenvalue weighted by Crippen LogP contribution is 2.36. The highest BCUT2D eigenvalue weighted by atomic mass is 16.5. The monoisotopic (exact) mass is 366 g/mol.